The van der Waals surface area contributed by atoms with Crippen LogP contribution in [0.2, 0.25) is 0 Å². The SMILES string of the molecule is CO.CO.C[c-]1cccc1.Cc1[c-]cc[nH]1.[Ti+2]. The minimum atomic E-state index is 0. The van der Waals surface area contributed by atoms with Crippen molar-refractivity contribution < 1.29 is 31.9 Å². The molecular formula is C13H21NO2Ti. The van der Waals surface area contributed by atoms with Crippen LogP contribution < -0.4 is 0 Å². The Kier molecular flexibility index (Phi) is 22.4. The number of nitrogens with one attached hydrogen (secondary N) is 1. The van der Waals surface area contributed by atoms with Crippen LogP contribution in [0.4, 0.5) is 0 Å². The van der Waals surface area contributed by atoms with Crippen molar-refractivity contribution in [2.75, 3.05) is 14.2 Å². The molecule has 1 heterocycles. The third-order valence-corrected chi connectivity index (χ3v) is 1.51. The van der Waals surface area contributed by atoms with Gasteiger partial charge in [-0.3, -0.25) is 0 Å². The number of aliphatic hydroxyl groups excluding tert-OH is 2. The number of hydrogen-bond acceptors (Lipinski definition) is 2. The van der Waals surface area contributed by atoms with E-state index in [-0.39, 0.29) is 21.7 Å². The first-order valence-electron chi connectivity index (χ1n) is 4.88. The first kappa shape index (κ1) is 21.5. The second kappa shape index (κ2) is 17.7. The summed E-state index contributed by atoms with van der Waals surface area (Å²) >= 11 is 0. The summed E-state index contributed by atoms with van der Waals surface area (Å²) in [5.74, 6) is 0. The predicted molar refractivity (Wildman–Crippen MR) is 67.4 cm³/mol. The summed E-state index contributed by atoms with van der Waals surface area (Å²) in [6.45, 7) is 4.06. The minimum absolute atomic E-state index is 0. The van der Waals surface area contributed by atoms with Gasteiger partial charge in [-0.15, -0.1) is 6.20 Å². The van der Waals surface area contributed by atoms with Gasteiger partial charge in [-0.2, -0.15) is 17.7 Å². The molecule has 0 radical (unpaired) electrons. The summed E-state index contributed by atoms with van der Waals surface area (Å²) in [6.07, 6.45) is 1.86. The minimum Gasteiger partial charge on any atom is -0.459 e. The van der Waals surface area contributed by atoms with Crippen molar-refractivity contribution in [3.63, 3.8) is 0 Å². The topological polar surface area (TPSA) is 56.2 Å². The van der Waals surface area contributed by atoms with E-state index < -0.39 is 0 Å². The summed E-state index contributed by atoms with van der Waals surface area (Å²) in [7, 11) is 2.00. The first-order valence-corrected chi connectivity index (χ1v) is 4.88. The van der Waals surface area contributed by atoms with Crippen LogP contribution in [0.25, 0.3) is 0 Å². The monoisotopic (exact) mass is 271 g/mol. The normalized spacial score (nSPS) is 6.94. The first-order chi connectivity index (χ1) is 7.79. The van der Waals surface area contributed by atoms with Crippen molar-refractivity contribution in [1.29, 1.82) is 0 Å². The van der Waals surface area contributed by atoms with E-state index in [1.54, 1.807) is 0 Å². The molecule has 0 aliphatic rings. The molecule has 0 atom stereocenters. The Labute approximate surface area is 119 Å². The van der Waals surface area contributed by atoms with E-state index in [9.17, 15) is 0 Å². The van der Waals surface area contributed by atoms with Gasteiger partial charge >= 0.3 is 21.7 Å². The zero-order chi connectivity index (χ0) is 12.8. The fourth-order valence-electron chi connectivity index (χ4n) is 0.845. The van der Waals surface area contributed by atoms with E-state index in [0.717, 1.165) is 19.9 Å². The Balaban J connectivity index is -0.000000171. The van der Waals surface area contributed by atoms with Crippen LogP contribution in [0.1, 0.15) is 11.3 Å². The molecule has 0 amide bonds. The quantitative estimate of drug-likeness (QED) is 0.507. The van der Waals surface area contributed by atoms with Crippen molar-refractivity contribution in [2.24, 2.45) is 0 Å². The largest absolute Gasteiger partial charge is 2.00 e. The summed E-state index contributed by atoms with van der Waals surface area (Å²) < 4.78 is 0. The van der Waals surface area contributed by atoms with E-state index in [1.807, 2.05) is 31.3 Å². The molecule has 3 nitrogen and oxygen atoms in total. The van der Waals surface area contributed by atoms with Crippen LogP contribution in [-0.2, 0) is 21.7 Å². The number of aromatic amines is 1. The van der Waals surface area contributed by atoms with Gasteiger partial charge in [0.15, 0.2) is 0 Å². The summed E-state index contributed by atoms with van der Waals surface area (Å²) in [6, 6.07) is 13.0. The number of aromatic nitrogens is 1. The van der Waals surface area contributed by atoms with Gasteiger partial charge < -0.3 is 15.2 Å². The Morgan fingerprint density at radius 3 is 1.71 bits per heavy atom. The molecule has 17 heavy (non-hydrogen) atoms. The number of aliphatic hydroxyl groups is 2. The van der Waals surface area contributed by atoms with Gasteiger partial charge in [-0.1, -0.05) is 12.6 Å². The molecule has 0 bridgehead atoms. The molecule has 0 spiro atoms. The fourth-order valence-corrected chi connectivity index (χ4v) is 0.845. The van der Waals surface area contributed by atoms with Gasteiger partial charge in [-0.25, -0.2) is 24.3 Å². The zero-order valence-corrected chi connectivity index (χ0v) is 12.4. The Morgan fingerprint density at radius 1 is 1.12 bits per heavy atom. The second-order valence-electron chi connectivity index (χ2n) is 2.71. The average Bonchev–Trinajstić information content (AvgIpc) is 2.98. The molecule has 0 fully saturated rings. The number of aryl methyl sites for hydroxylation is 2. The molecule has 4 heteroatoms. The molecule has 0 aliphatic heterocycles. The standard InChI is InChI=1S/C6H7.C5H6N.2CH4O.Ti/c1-6-4-2-3-5-6;1-5-3-2-4-6-5;2*1-2;/h2-5H,1H3;2,4,6H,1H3;2*2H,1H3;/q2*-1;;;+2. The van der Waals surface area contributed by atoms with Crippen molar-refractivity contribution >= 4 is 0 Å². The summed E-state index contributed by atoms with van der Waals surface area (Å²) in [4.78, 5) is 2.94. The third-order valence-electron chi connectivity index (χ3n) is 1.51. The molecular weight excluding hydrogens is 250 g/mol. The van der Waals surface area contributed by atoms with Crippen LogP contribution in [0, 0.1) is 19.9 Å². The number of H-pyrrole nitrogens is 1. The van der Waals surface area contributed by atoms with Crippen LogP contribution >= 0.6 is 0 Å². The molecule has 0 aliphatic carbocycles. The molecule has 0 saturated carbocycles. The summed E-state index contributed by atoms with van der Waals surface area (Å²) in [5.41, 5.74) is 2.44. The van der Waals surface area contributed by atoms with Crippen LogP contribution in [-0.4, -0.2) is 29.4 Å². The third kappa shape index (κ3) is 15.3. The molecule has 94 valence electrons. The maximum Gasteiger partial charge on any atom is 2.00 e. The number of hydrogen-bond donors (Lipinski definition) is 3. The molecule has 2 rings (SSSR count). The molecule has 2 aromatic rings. The van der Waals surface area contributed by atoms with E-state index in [4.69, 9.17) is 10.2 Å². The van der Waals surface area contributed by atoms with Crippen LogP contribution in [0.3, 0.4) is 0 Å². The molecule has 0 unspecified atom stereocenters. The zero-order valence-electron chi connectivity index (χ0n) is 10.9. The van der Waals surface area contributed by atoms with Crippen molar-refractivity contribution in [1.82, 2.24) is 4.98 Å². The van der Waals surface area contributed by atoms with E-state index in [0.29, 0.717) is 0 Å². The van der Waals surface area contributed by atoms with Crippen molar-refractivity contribution in [3.8, 4) is 0 Å². The Bertz CT molecular complexity index is 259. The maximum absolute atomic E-state index is 7.00. The fraction of sp³-hybridized carbons (Fsp3) is 0.308. The van der Waals surface area contributed by atoms with E-state index >= 15 is 0 Å². The predicted octanol–water partition coefficient (Wildman–Crippen LogP) is 2.05. The average molecular weight is 271 g/mol. The molecule has 1 aromatic carbocycles. The smallest absolute Gasteiger partial charge is 0.459 e. The Morgan fingerprint density at radius 2 is 1.59 bits per heavy atom. The van der Waals surface area contributed by atoms with Crippen molar-refractivity contribution in [3.05, 3.63) is 53.9 Å². The van der Waals surface area contributed by atoms with Gasteiger partial charge in [0, 0.05) is 14.2 Å². The molecule has 3 N–H and O–H groups in total. The van der Waals surface area contributed by atoms with Gasteiger partial charge in [0.2, 0.25) is 0 Å². The molecule has 0 saturated heterocycles. The van der Waals surface area contributed by atoms with Crippen LogP contribution in [0.5, 0.6) is 0 Å². The number of rotatable bonds is 0. The van der Waals surface area contributed by atoms with Gasteiger partial charge in [0.05, 0.1) is 0 Å². The van der Waals surface area contributed by atoms with E-state index in [1.165, 1.54) is 5.56 Å². The molecule has 1 aromatic heterocycles. The Hall–Kier alpha value is -0.736. The van der Waals surface area contributed by atoms with Gasteiger partial charge in [0.1, 0.15) is 0 Å². The van der Waals surface area contributed by atoms with Gasteiger partial charge in [0.25, 0.3) is 0 Å². The maximum atomic E-state index is 7.00. The van der Waals surface area contributed by atoms with E-state index in [2.05, 4.69) is 30.1 Å². The van der Waals surface area contributed by atoms with Crippen molar-refractivity contribution in [2.45, 2.75) is 13.8 Å². The van der Waals surface area contributed by atoms with Crippen LogP contribution in [0.15, 0.2) is 36.5 Å². The summed E-state index contributed by atoms with van der Waals surface area (Å²) in [5, 5.41) is 14.0. The van der Waals surface area contributed by atoms with Gasteiger partial charge in [-0.05, 0) is 6.92 Å². The second-order valence-corrected chi connectivity index (χ2v) is 2.71.